The van der Waals surface area contributed by atoms with Crippen LogP contribution < -0.4 is 0 Å². The highest BCUT2D eigenvalue weighted by atomic mass is 79.9. The zero-order valence-electron chi connectivity index (χ0n) is 10.6. The fourth-order valence-electron chi connectivity index (χ4n) is 1.53. The number of carbonyl (C=O) groups is 1. The van der Waals surface area contributed by atoms with Gasteiger partial charge in [0.15, 0.2) is 0 Å². The van der Waals surface area contributed by atoms with E-state index in [2.05, 4.69) is 27.0 Å². The lowest BCUT2D eigenvalue weighted by Gasteiger charge is -2.27. The van der Waals surface area contributed by atoms with Crippen LogP contribution in [0.4, 0.5) is 0 Å². The van der Waals surface area contributed by atoms with Crippen molar-refractivity contribution in [1.29, 1.82) is 5.26 Å². The molecule has 0 aromatic carbocycles. The first-order valence-electron chi connectivity index (χ1n) is 5.69. The van der Waals surface area contributed by atoms with Crippen molar-refractivity contribution in [2.45, 2.75) is 31.1 Å². The molecule has 0 aliphatic heterocycles. The summed E-state index contributed by atoms with van der Waals surface area (Å²) in [7, 11) is 0. The SMILES string of the molecule is CC(C)(Br)C(=O)N(CCC#N)Cc1cccnc1. The lowest BCUT2D eigenvalue weighted by molar-refractivity contribution is -0.133. The van der Waals surface area contributed by atoms with Crippen LogP contribution in [0.5, 0.6) is 0 Å². The molecule has 0 N–H and O–H groups in total. The molecule has 0 aliphatic carbocycles. The summed E-state index contributed by atoms with van der Waals surface area (Å²) in [4.78, 5) is 17.9. The second kappa shape index (κ2) is 6.50. The van der Waals surface area contributed by atoms with Crippen molar-refractivity contribution in [3.63, 3.8) is 0 Å². The molecule has 0 saturated heterocycles. The van der Waals surface area contributed by atoms with E-state index in [9.17, 15) is 4.79 Å². The predicted octanol–water partition coefficient (Wildman–Crippen LogP) is 2.50. The van der Waals surface area contributed by atoms with Crippen LogP contribution in [0.2, 0.25) is 0 Å². The van der Waals surface area contributed by atoms with Crippen molar-refractivity contribution < 1.29 is 4.79 Å². The quantitative estimate of drug-likeness (QED) is 0.785. The lowest BCUT2D eigenvalue weighted by Crippen LogP contribution is -2.41. The van der Waals surface area contributed by atoms with Gasteiger partial charge < -0.3 is 4.90 Å². The molecule has 0 saturated carbocycles. The highest BCUT2D eigenvalue weighted by molar-refractivity contribution is 9.10. The minimum absolute atomic E-state index is 0.0263. The van der Waals surface area contributed by atoms with Gasteiger partial charge >= 0.3 is 0 Å². The van der Waals surface area contributed by atoms with Gasteiger partial charge in [-0.1, -0.05) is 22.0 Å². The molecular formula is C13H16BrN3O. The van der Waals surface area contributed by atoms with E-state index in [-0.39, 0.29) is 5.91 Å². The maximum absolute atomic E-state index is 12.2. The summed E-state index contributed by atoms with van der Waals surface area (Å²) in [5.41, 5.74) is 0.959. The van der Waals surface area contributed by atoms with E-state index in [1.165, 1.54) is 0 Å². The molecule has 1 aromatic heterocycles. The molecule has 1 aromatic rings. The molecule has 0 aliphatic rings. The van der Waals surface area contributed by atoms with Crippen LogP contribution in [0.25, 0.3) is 0 Å². The summed E-state index contributed by atoms with van der Waals surface area (Å²) < 4.78 is -0.620. The molecule has 4 nitrogen and oxygen atoms in total. The van der Waals surface area contributed by atoms with Gasteiger partial charge in [0.25, 0.3) is 0 Å². The average molecular weight is 310 g/mol. The summed E-state index contributed by atoms with van der Waals surface area (Å²) in [6, 6.07) is 5.82. The Labute approximate surface area is 116 Å². The van der Waals surface area contributed by atoms with Crippen LogP contribution in [0.15, 0.2) is 24.5 Å². The number of alkyl halides is 1. The molecule has 0 atom stereocenters. The third-order valence-corrected chi connectivity index (χ3v) is 2.72. The molecule has 1 heterocycles. The van der Waals surface area contributed by atoms with Crippen LogP contribution in [-0.2, 0) is 11.3 Å². The van der Waals surface area contributed by atoms with E-state index in [0.29, 0.717) is 19.5 Å². The molecule has 1 amide bonds. The van der Waals surface area contributed by atoms with E-state index in [4.69, 9.17) is 5.26 Å². The second-order valence-corrected chi connectivity index (χ2v) is 6.45. The normalized spacial score (nSPS) is 10.8. The smallest absolute Gasteiger partial charge is 0.239 e. The Morgan fingerprint density at radius 3 is 2.83 bits per heavy atom. The molecule has 0 radical (unpaired) electrons. The first-order chi connectivity index (χ1) is 8.45. The summed E-state index contributed by atoms with van der Waals surface area (Å²) in [5.74, 6) is -0.0263. The summed E-state index contributed by atoms with van der Waals surface area (Å²) in [6.07, 6.45) is 3.75. The molecule has 0 fully saturated rings. The number of halogens is 1. The highest BCUT2D eigenvalue weighted by Gasteiger charge is 2.28. The average Bonchev–Trinajstić information content (AvgIpc) is 2.33. The third-order valence-electron chi connectivity index (χ3n) is 2.39. The Kier molecular flexibility index (Phi) is 5.29. The third kappa shape index (κ3) is 4.46. The molecular weight excluding hydrogens is 294 g/mol. The summed E-state index contributed by atoms with van der Waals surface area (Å²) in [6.45, 7) is 4.51. The van der Waals surface area contributed by atoms with Gasteiger partial charge in [-0.2, -0.15) is 5.26 Å². The van der Waals surface area contributed by atoms with Crippen LogP contribution in [0, 0.1) is 11.3 Å². The van der Waals surface area contributed by atoms with Gasteiger partial charge in [-0.05, 0) is 25.5 Å². The molecule has 1 rings (SSSR count). The minimum atomic E-state index is -0.620. The number of hydrogen-bond acceptors (Lipinski definition) is 3. The number of hydrogen-bond donors (Lipinski definition) is 0. The van der Waals surface area contributed by atoms with Crippen LogP contribution in [0.1, 0.15) is 25.8 Å². The number of amides is 1. The molecule has 5 heteroatoms. The van der Waals surface area contributed by atoms with Crippen LogP contribution in [-0.4, -0.2) is 26.7 Å². The van der Waals surface area contributed by atoms with Crippen molar-refractivity contribution in [3.05, 3.63) is 30.1 Å². The Morgan fingerprint density at radius 2 is 2.33 bits per heavy atom. The van der Waals surface area contributed by atoms with Gasteiger partial charge in [0.1, 0.15) is 0 Å². The number of rotatable bonds is 5. The van der Waals surface area contributed by atoms with E-state index in [1.807, 2.05) is 12.1 Å². The molecule has 0 unspecified atom stereocenters. The van der Waals surface area contributed by atoms with Crippen molar-refractivity contribution in [1.82, 2.24) is 9.88 Å². The Hall–Kier alpha value is -1.41. The Balaban J connectivity index is 2.80. The molecule has 18 heavy (non-hydrogen) atoms. The number of aromatic nitrogens is 1. The van der Waals surface area contributed by atoms with Gasteiger partial charge in [-0.25, -0.2) is 0 Å². The van der Waals surface area contributed by atoms with Crippen LogP contribution in [0.3, 0.4) is 0 Å². The molecule has 0 spiro atoms. The predicted molar refractivity (Wildman–Crippen MR) is 72.9 cm³/mol. The topological polar surface area (TPSA) is 57.0 Å². The van der Waals surface area contributed by atoms with Gasteiger partial charge in [0.2, 0.25) is 5.91 Å². The van der Waals surface area contributed by atoms with E-state index >= 15 is 0 Å². The van der Waals surface area contributed by atoms with Crippen molar-refractivity contribution >= 4 is 21.8 Å². The first-order valence-corrected chi connectivity index (χ1v) is 6.48. The summed E-state index contributed by atoms with van der Waals surface area (Å²) in [5, 5.41) is 8.65. The number of nitrogens with zero attached hydrogens (tertiary/aromatic N) is 3. The fourth-order valence-corrected chi connectivity index (χ4v) is 1.78. The van der Waals surface area contributed by atoms with Crippen molar-refractivity contribution in [2.75, 3.05) is 6.54 Å². The van der Waals surface area contributed by atoms with E-state index in [0.717, 1.165) is 5.56 Å². The zero-order valence-corrected chi connectivity index (χ0v) is 12.1. The fraction of sp³-hybridized carbons (Fsp3) is 0.462. The number of pyridine rings is 1. The van der Waals surface area contributed by atoms with E-state index in [1.54, 1.807) is 31.1 Å². The van der Waals surface area contributed by atoms with E-state index < -0.39 is 4.32 Å². The molecule has 0 bridgehead atoms. The molecule has 96 valence electrons. The Morgan fingerprint density at radius 1 is 1.61 bits per heavy atom. The van der Waals surface area contributed by atoms with Gasteiger partial charge in [0, 0.05) is 25.5 Å². The minimum Gasteiger partial charge on any atom is -0.336 e. The van der Waals surface area contributed by atoms with Gasteiger partial charge in [0.05, 0.1) is 16.8 Å². The number of nitriles is 1. The maximum Gasteiger partial charge on any atom is 0.239 e. The Bertz CT molecular complexity index is 434. The van der Waals surface area contributed by atoms with Crippen molar-refractivity contribution in [3.8, 4) is 6.07 Å². The van der Waals surface area contributed by atoms with Gasteiger partial charge in [-0.3, -0.25) is 9.78 Å². The lowest BCUT2D eigenvalue weighted by atomic mass is 10.1. The largest absolute Gasteiger partial charge is 0.336 e. The van der Waals surface area contributed by atoms with Crippen LogP contribution >= 0.6 is 15.9 Å². The number of carbonyl (C=O) groups excluding carboxylic acids is 1. The highest BCUT2D eigenvalue weighted by Crippen LogP contribution is 2.20. The standard InChI is InChI=1S/C13H16BrN3O/c1-13(2,14)12(18)17(8-4-6-15)10-11-5-3-7-16-9-11/h3,5,7,9H,4,8,10H2,1-2H3. The van der Waals surface area contributed by atoms with Gasteiger partial charge in [-0.15, -0.1) is 0 Å². The zero-order chi connectivity index (χ0) is 13.6. The second-order valence-electron chi connectivity index (χ2n) is 4.47. The first kappa shape index (κ1) is 14.7. The maximum atomic E-state index is 12.2. The van der Waals surface area contributed by atoms with Crippen molar-refractivity contribution in [2.24, 2.45) is 0 Å². The summed E-state index contributed by atoms with van der Waals surface area (Å²) >= 11 is 3.36. The monoisotopic (exact) mass is 309 g/mol.